The molecule has 1 aromatic heterocycles. The van der Waals surface area contributed by atoms with Gasteiger partial charge in [0.05, 0.1) is 0 Å². The van der Waals surface area contributed by atoms with E-state index >= 15 is 0 Å². The van der Waals surface area contributed by atoms with Gasteiger partial charge < -0.3 is 0 Å². The SMILES string of the molecule is CCCCC#C/C=C/CN(C)Cc1csc2ccccc12. The lowest BCUT2D eigenvalue weighted by atomic mass is 10.2. The van der Waals surface area contributed by atoms with Crippen LogP contribution in [0.2, 0.25) is 0 Å². The van der Waals surface area contributed by atoms with E-state index in [4.69, 9.17) is 0 Å². The van der Waals surface area contributed by atoms with Crippen LogP contribution >= 0.6 is 11.3 Å². The van der Waals surface area contributed by atoms with Crippen LogP contribution in [0.1, 0.15) is 31.7 Å². The summed E-state index contributed by atoms with van der Waals surface area (Å²) < 4.78 is 1.37. The molecule has 0 aliphatic rings. The molecule has 0 unspecified atom stereocenters. The van der Waals surface area contributed by atoms with Gasteiger partial charge in [0, 0.05) is 24.2 Å². The Hall–Kier alpha value is -1.56. The lowest BCUT2D eigenvalue weighted by Gasteiger charge is -2.13. The number of fused-ring (bicyclic) bond motifs is 1. The van der Waals surface area contributed by atoms with Gasteiger partial charge in [0.25, 0.3) is 0 Å². The number of unbranched alkanes of at least 4 members (excludes halogenated alkanes) is 2. The van der Waals surface area contributed by atoms with E-state index in [1.165, 1.54) is 28.5 Å². The van der Waals surface area contributed by atoms with Crippen molar-refractivity contribution in [2.75, 3.05) is 13.6 Å². The largest absolute Gasteiger partial charge is 0.298 e. The van der Waals surface area contributed by atoms with Crippen molar-refractivity contribution in [3.63, 3.8) is 0 Å². The molecule has 0 spiro atoms. The summed E-state index contributed by atoms with van der Waals surface area (Å²) in [4.78, 5) is 2.32. The van der Waals surface area contributed by atoms with Crippen LogP contribution in [0.25, 0.3) is 10.1 Å². The van der Waals surface area contributed by atoms with E-state index in [9.17, 15) is 0 Å². The number of allylic oxidation sites excluding steroid dienone is 1. The van der Waals surface area contributed by atoms with Crippen LogP contribution < -0.4 is 0 Å². The first-order valence-electron chi connectivity index (χ1n) is 7.58. The number of hydrogen-bond donors (Lipinski definition) is 0. The van der Waals surface area contributed by atoms with E-state index in [1.54, 1.807) is 0 Å². The summed E-state index contributed by atoms with van der Waals surface area (Å²) in [5.41, 5.74) is 1.42. The summed E-state index contributed by atoms with van der Waals surface area (Å²) in [5, 5.41) is 3.66. The van der Waals surface area contributed by atoms with Crippen LogP contribution in [0.4, 0.5) is 0 Å². The van der Waals surface area contributed by atoms with Crippen LogP contribution in [-0.2, 0) is 6.54 Å². The topological polar surface area (TPSA) is 3.24 Å². The Morgan fingerprint density at radius 1 is 1.29 bits per heavy atom. The number of nitrogens with zero attached hydrogens (tertiary/aromatic N) is 1. The van der Waals surface area contributed by atoms with Gasteiger partial charge in [-0.15, -0.1) is 11.3 Å². The van der Waals surface area contributed by atoms with Gasteiger partial charge in [-0.1, -0.05) is 49.5 Å². The molecule has 0 amide bonds. The second-order valence-electron chi connectivity index (χ2n) is 5.28. The highest BCUT2D eigenvalue weighted by Crippen LogP contribution is 2.26. The molecule has 110 valence electrons. The third kappa shape index (κ3) is 5.04. The molecule has 0 aliphatic carbocycles. The number of hydrogen-bond acceptors (Lipinski definition) is 2. The van der Waals surface area contributed by atoms with Crippen molar-refractivity contribution in [2.24, 2.45) is 0 Å². The van der Waals surface area contributed by atoms with Gasteiger partial charge in [-0.3, -0.25) is 4.90 Å². The molecular weight excluding hydrogens is 274 g/mol. The van der Waals surface area contributed by atoms with Crippen LogP contribution in [0.3, 0.4) is 0 Å². The normalized spacial score (nSPS) is 11.2. The van der Waals surface area contributed by atoms with Crippen molar-refractivity contribution < 1.29 is 0 Å². The minimum Gasteiger partial charge on any atom is -0.298 e. The maximum absolute atomic E-state index is 3.18. The molecule has 1 heterocycles. The molecule has 0 fully saturated rings. The molecule has 0 atom stereocenters. The first-order valence-corrected chi connectivity index (χ1v) is 8.46. The van der Waals surface area contributed by atoms with Crippen LogP contribution in [0.5, 0.6) is 0 Å². The van der Waals surface area contributed by atoms with Crippen molar-refractivity contribution in [2.45, 2.75) is 32.7 Å². The Morgan fingerprint density at radius 3 is 3.00 bits per heavy atom. The van der Waals surface area contributed by atoms with Gasteiger partial charge in [0.15, 0.2) is 0 Å². The fraction of sp³-hybridized carbons (Fsp3) is 0.368. The maximum Gasteiger partial charge on any atom is 0.0346 e. The smallest absolute Gasteiger partial charge is 0.0346 e. The Bertz CT molecular complexity index is 642. The number of benzene rings is 1. The van der Waals surface area contributed by atoms with Crippen LogP contribution in [0.15, 0.2) is 41.8 Å². The second kappa shape index (κ2) is 8.67. The molecule has 1 aromatic carbocycles. The average Bonchev–Trinajstić information content (AvgIpc) is 2.90. The molecule has 0 saturated carbocycles. The van der Waals surface area contributed by atoms with Gasteiger partial charge in [0.2, 0.25) is 0 Å². The molecular formula is C19H23NS. The summed E-state index contributed by atoms with van der Waals surface area (Å²) >= 11 is 1.83. The predicted octanol–water partition coefficient (Wildman–Crippen LogP) is 5.08. The summed E-state index contributed by atoms with van der Waals surface area (Å²) in [6, 6.07) is 8.62. The van der Waals surface area contributed by atoms with Crippen molar-refractivity contribution in [3.05, 3.63) is 47.4 Å². The third-order valence-corrected chi connectivity index (χ3v) is 4.39. The fourth-order valence-electron chi connectivity index (χ4n) is 2.20. The lowest BCUT2D eigenvalue weighted by Crippen LogP contribution is -2.17. The van der Waals surface area contributed by atoms with E-state index in [0.29, 0.717) is 0 Å². The van der Waals surface area contributed by atoms with Gasteiger partial charge in [0.1, 0.15) is 0 Å². The summed E-state index contributed by atoms with van der Waals surface area (Å²) in [7, 11) is 2.15. The Kier molecular flexibility index (Phi) is 6.53. The highest BCUT2D eigenvalue weighted by atomic mass is 32.1. The molecule has 0 saturated heterocycles. The van der Waals surface area contributed by atoms with Crippen LogP contribution in [-0.4, -0.2) is 18.5 Å². The third-order valence-electron chi connectivity index (χ3n) is 3.38. The molecule has 2 heteroatoms. The Balaban J connectivity index is 1.83. The molecule has 2 rings (SSSR count). The number of thiophene rings is 1. The maximum atomic E-state index is 3.18. The summed E-state index contributed by atoms with van der Waals surface area (Å²) in [6.45, 7) is 4.12. The van der Waals surface area contributed by atoms with Gasteiger partial charge in [-0.2, -0.15) is 0 Å². The van der Waals surface area contributed by atoms with Gasteiger partial charge >= 0.3 is 0 Å². The minimum atomic E-state index is 0.937. The fourth-order valence-corrected chi connectivity index (χ4v) is 3.15. The monoisotopic (exact) mass is 297 g/mol. The molecule has 1 nitrogen and oxygen atoms in total. The zero-order valence-electron chi connectivity index (χ0n) is 12.9. The van der Waals surface area contributed by atoms with E-state index < -0.39 is 0 Å². The van der Waals surface area contributed by atoms with Crippen molar-refractivity contribution >= 4 is 21.4 Å². The van der Waals surface area contributed by atoms with Crippen molar-refractivity contribution in [1.29, 1.82) is 0 Å². The Labute approximate surface area is 132 Å². The standard InChI is InChI=1S/C19H23NS/c1-3-4-5-6-7-8-11-14-20(2)15-17-16-21-19-13-10-9-12-18(17)19/h8-13,16H,3-5,14-15H2,1-2H3/b11-8+. The highest BCUT2D eigenvalue weighted by molar-refractivity contribution is 7.17. The number of likely N-dealkylation sites (N-methyl/N-ethyl adjacent to an activating group) is 1. The Morgan fingerprint density at radius 2 is 2.14 bits per heavy atom. The summed E-state index contributed by atoms with van der Waals surface area (Å²) in [6.07, 6.45) is 7.56. The van der Waals surface area contributed by atoms with Gasteiger partial charge in [-0.25, -0.2) is 0 Å². The first-order chi connectivity index (χ1) is 10.3. The highest BCUT2D eigenvalue weighted by Gasteiger charge is 2.05. The van der Waals surface area contributed by atoms with E-state index in [0.717, 1.165) is 19.5 Å². The number of rotatable bonds is 6. The summed E-state index contributed by atoms with van der Waals surface area (Å²) in [5.74, 6) is 6.29. The zero-order valence-corrected chi connectivity index (χ0v) is 13.7. The molecule has 2 aromatic rings. The van der Waals surface area contributed by atoms with E-state index in [2.05, 4.69) is 66.4 Å². The molecule has 0 bridgehead atoms. The van der Waals surface area contributed by atoms with Gasteiger partial charge in [-0.05, 0) is 41.9 Å². The van der Waals surface area contributed by atoms with E-state index in [1.807, 2.05) is 17.4 Å². The lowest BCUT2D eigenvalue weighted by molar-refractivity contribution is 0.365. The predicted molar refractivity (Wildman–Crippen MR) is 94.6 cm³/mol. The molecule has 0 radical (unpaired) electrons. The minimum absolute atomic E-state index is 0.937. The first kappa shape index (κ1) is 15.8. The zero-order chi connectivity index (χ0) is 14.9. The van der Waals surface area contributed by atoms with E-state index in [-0.39, 0.29) is 0 Å². The van der Waals surface area contributed by atoms with Crippen molar-refractivity contribution in [3.8, 4) is 11.8 Å². The molecule has 21 heavy (non-hydrogen) atoms. The molecule has 0 aliphatic heterocycles. The molecule has 0 N–H and O–H groups in total. The quantitative estimate of drug-likeness (QED) is 0.530. The average molecular weight is 297 g/mol. The van der Waals surface area contributed by atoms with Crippen molar-refractivity contribution in [1.82, 2.24) is 4.90 Å². The van der Waals surface area contributed by atoms with Crippen LogP contribution in [0, 0.1) is 11.8 Å². The second-order valence-corrected chi connectivity index (χ2v) is 6.19.